The van der Waals surface area contributed by atoms with E-state index in [0.717, 1.165) is 0 Å². The number of benzene rings is 1. The van der Waals surface area contributed by atoms with E-state index >= 15 is 0 Å². The van der Waals surface area contributed by atoms with Crippen LogP contribution in [0.1, 0.15) is 29.8 Å². The van der Waals surface area contributed by atoms with Gasteiger partial charge < -0.3 is 26.8 Å². The van der Waals surface area contributed by atoms with Crippen molar-refractivity contribution < 1.29 is 18.3 Å². The van der Waals surface area contributed by atoms with Crippen LogP contribution in [0.4, 0.5) is 26.1 Å². The molecule has 0 radical (unpaired) electrons. The Kier molecular flexibility index (Phi) is 5.59. The monoisotopic (exact) mass is 392 g/mol. The van der Waals surface area contributed by atoms with Crippen molar-refractivity contribution in [1.29, 1.82) is 0 Å². The van der Waals surface area contributed by atoms with E-state index in [2.05, 4.69) is 20.6 Å². The van der Waals surface area contributed by atoms with Crippen LogP contribution in [-0.4, -0.2) is 41.0 Å². The molecular formula is C18H22F2N6O2. The summed E-state index contributed by atoms with van der Waals surface area (Å²) in [7, 11) is 1.55. The van der Waals surface area contributed by atoms with Crippen LogP contribution in [0.15, 0.2) is 30.5 Å². The molecule has 0 spiro atoms. The maximum Gasteiger partial charge on any atom is 0.271 e. The van der Waals surface area contributed by atoms with Gasteiger partial charge >= 0.3 is 0 Å². The molecular weight excluding hydrogens is 370 g/mol. The first-order valence-electron chi connectivity index (χ1n) is 8.78. The van der Waals surface area contributed by atoms with Crippen LogP contribution in [0, 0.1) is 0 Å². The summed E-state index contributed by atoms with van der Waals surface area (Å²) >= 11 is 0. The molecule has 10 heteroatoms. The lowest BCUT2D eigenvalue weighted by Gasteiger charge is -2.36. The number of ether oxygens (including phenoxy) is 1. The second kappa shape index (κ2) is 7.93. The summed E-state index contributed by atoms with van der Waals surface area (Å²) in [5, 5.41) is 5.87. The fourth-order valence-electron chi connectivity index (χ4n) is 3.09. The largest absolute Gasteiger partial charge is 0.497 e. The fourth-order valence-corrected chi connectivity index (χ4v) is 3.09. The third-order valence-electron chi connectivity index (χ3n) is 4.64. The number of carbonyl (C=O) groups excluding carboxylic acids is 1. The molecule has 0 aliphatic heterocycles. The molecule has 1 saturated carbocycles. The van der Waals surface area contributed by atoms with Crippen LogP contribution in [0.2, 0.25) is 0 Å². The van der Waals surface area contributed by atoms with E-state index in [9.17, 15) is 13.6 Å². The number of carbonyl (C=O) groups is 1. The lowest BCUT2D eigenvalue weighted by atomic mass is 9.87. The number of rotatable bonds is 6. The van der Waals surface area contributed by atoms with Crippen molar-refractivity contribution in [2.45, 2.75) is 37.3 Å². The Balaban J connectivity index is 1.83. The molecule has 2 aromatic rings. The highest BCUT2D eigenvalue weighted by Crippen LogP contribution is 2.33. The molecule has 1 fully saturated rings. The number of alkyl halides is 2. The minimum atomic E-state index is -2.94. The van der Waals surface area contributed by atoms with Crippen LogP contribution in [0.3, 0.4) is 0 Å². The second-order valence-corrected chi connectivity index (χ2v) is 6.60. The molecule has 1 aliphatic rings. The highest BCUT2D eigenvalue weighted by atomic mass is 19.3. The predicted octanol–water partition coefficient (Wildman–Crippen LogP) is 2.25. The SMILES string of the molecule is COc1ccc(Nc2nc(NC3CCCC(F)(F)C3N)cnc2C(N)=O)cc1. The highest BCUT2D eigenvalue weighted by Gasteiger charge is 2.44. The van der Waals surface area contributed by atoms with Gasteiger partial charge in [-0.3, -0.25) is 4.79 Å². The lowest BCUT2D eigenvalue weighted by Crippen LogP contribution is -2.55. The third-order valence-corrected chi connectivity index (χ3v) is 4.64. The Hall–Kier alpha value is -3.01. The molecule has 0 saturated heterocycles. The molecule has 28 heavy (non-hydrogen) atoms. The van der Waals surface area contributed by atoms with Gasteiger partial charge in [-0.05, 0) is 37.1 Å². The summed E-state index contributed by atoms with van der Waals surface area (Å²) in [6.45, 7) is 0. The lowest BCUT2D eigenvalue weighted by molar-refractivity contribution is -0.0554. The van der Waals surface area contributed by atoms with E-state index in [1.807, 2.05) is 0 Å². The maximum absolute atomic E-state index is 13.9. The number of hydrogen-bond donors (Lipinski definition) is 4. The van der Waals surface area contributed by atoms with Gasteiger partial charge in [-0.15, -0.1) is 0 Å². The number of nitrogens with zero attached hydrogens (tertiary/aromatic N) is 2. The Morgan fingerprint density at radius 2 is 2.04 bits per heavy atom. The smallest absolute Gasteiger partial charge is 0.271 e. The standard InChI is InChI=1S/C18H22F2N6O2/c1-28-11-6-4-10(5-7-11)24-17-14(16(22)27)23-9-13(26-17)25-12-3-2-8-18(19,20)15(12)21/h4-7,9,12,15H,2-3,8,21H2,1H3,(H2,22,27)(H2,24,25,26). The number of amides is 1. The van der Waals surface area contributed by atoms with Gasteiger partial charge in [-0.1, -0.05) is 0 Å². The molecule has 1 aliphatic carbocycles. The molecule has 6 N–H and O–H groups in total. The van der Waals surface area contributed by atoms with Crippen LogP contribution in [0.5, 0.6) is 5.75 Å². The molecule has 1 aromatic heterocycles. The summed E-state index contributed by atoms with van der Waals surface area (Å²) in [6, 6.07) is 4.91. The molecule has 2 atom stereocenters. The molecule has 2 unspecified atom stereocenters. The van der Waals surface area contributed by atoms with E-state index < -0.39 is 23.9 Å². The first-order chi connectivity index (χ1) is 13.3. The van der Waals surface area contributed by atoms with Crippen LogP contribution in [0.25, 0.3) is 0 Å². The van der Waals surface area contributed by atoms with Crippen LogP contribution >= 0.6 is 0 Å². The van der Waals surface area contributed by atoms with Crippen molar-refractivity contribution in [3.63, 3.8) is 0 Å². The third kappa shape index (κ3) is 4.28. The van der Waals surface area contributed by atoms with Crippen molar-refractivity contribution in [2.24, 2.45) is 11.5 Å². The van der Waals surface area contributed by atoms with E-state index in [-0.39, 0.29) is 23.8 Å². The highest BCUT2D eigenvalue weighted by molar-refractivity contribution is 5.96. The van der Waals surface area contributed by atoms with Gasteiger partial charge in [0.25, 0.3) is 11.8 Å². The fraction of sp³-hybridized carbons (Fsp3) is 0.389. The van der Waals surface area contributed by atoms with Crippen molar-refractivity contribution >= 4 is 23.2 Å². The molecule has 3 rings (SSSR count). The van der Waals surface area contributed by atoms with E-state index in [4.69, 9.17) is 16.2 Å². The average molecular weight is 392 g/mol. The van der Waals surface area contributed by atoms with Crippen molar-refractivity contribution in [3.8, 4) is 5.75 Å². The normalized spacial score (nSPS) is 21.0. The maximum atomic E-state index is 13.9. The van der Waals surface area contributed by atoms with E-state index in [1.54, 1.807) is 31.4 Å². The number of primary amides is 1. The average Bonchev–Trinajstić information content (AvgIpc) is 2.66. The Bertz CT molecular complexity index is 846. The van der Waals surface area contributed by atoms with Crippen LogP contribution in [-0.2, 0) is 0 Å². The van der Waals surface area contributed by atoms with Gasteiger partial charge in [0, 0.05) is 18.2 Å². The topological polar surface area (TPSA) is 128 Å². The Morgan fingerprint density at radius 3 is 2.68 bits per heavy atom. The first-order valence-corrected chi connectivity index (χ1v) is 8.78. The number of aromatic nitrogens is 2. The van der Waals surface area contributed by atoms with Crippen molar-refractivity contribution in [3.05, 3.63) is 36.2 Å². The van der Waals surface area contributed by atoms with Gasteiger partial charge in [0.15, 0.2) is 11.5 Å². The number of nitrogens with one attached hydrogen (secondary N) is 2. The summed E-state index contributed by atoms with van der Waals surface area (Å²) in [6.07, 6.45) is 1.88. The molecule has 1 heterocycles. The predicted molar refractivity (Wildman–Crippen MR) is 101 cm³/mol. The van der Waals surface area contributed by atoms with Crippen molar-refractivity contribution in [1.82, 2.24) is 9.97 Å². The minimum absolute atomic E-state index is 0.0698. The molecule has 1 amide bonds. The number of methoxy groups -OCH3 is 1. The quantitative estimate of drug-likeness (QED) is 0.593. The van der Waals surface area contributed by atoms with Gasteiger partial charge in [0.05, 0.1) is 19.3 Å². The van der Waals surface area contributed by atoms with Gasteiger partial charge in [-0.25, -0.2) is 18.7 Å². The zero-order valence-corrected chi connectivity index (χ0v) is 15.3. The number of anilines is 3. The summed E-state index contributed by atoms with van der Waals surface area (Å²) < 4.78 is 32.8. The van der Waals surface area contributed by atoms with E-state index in [1.165, 1.54) is 6.20 Å². The summed E-state index contributed by atoms with van der Waals surface area (Å²) in [4.78, 5) is 20.0. The Labute approximate surface area is 160 Å². The minimum Gasteiger partial charge on any atom is -0.497 e. The van der Waals surface area contributed by atoms with Gasteiger partial charge in [-0.2, -0.15) is 0 Å². The number of hydrogen-bond acceptors (Lipinski definition) is 7. The zero-order valence-electron chi connectivity index (χ0n) is 15.3. The molecule has 8 nitrogen and oxygen atoms in total. The van der Waals surface area contributed by atoms with Crippen molar-refractivity contribution in [2.75, 3.05) is 17.7 Å². The Morgan fingerprint density at radius 1 is 1.32 bits per heavy atom. The number of nitrogens with two attached hydrogens (primary N) is 2. The second-order valence-electron chi connectivity index (χ2n) is 6.60. The molecule has 150 valence electrons. The van der Waals surface area contributed by atoms with Gasteiger partial charge in [0.2, 0.25) is 0 Å². The molecule has 1 aromatic carbocycles. The number of halogens is 2. The summed E-state index contributed by atoms with van der Waals surface area (Å²) in [5.41, 5.74) is 11.6. The van der Waals surface area contributed by atoms with Gasteiger partial charge in [0.1, 0.15) is 11.6 Å². The molecule has 0 bridgehead atoms. The first kappa shape index (κ1) is 19.7. The van der Waals surface area contributed by atoms with E-state index in [0.29, 0.717) is 24.3 Å². The zero-order chi connectivity index (χ0) is 20.3. The van der Waals surface area contributed by atoms with Crippen LogP contribution < -0.4 is 26.8 Å². The summed E-state index contributed by atoms with van der Waals surface area (Å²) in [5.74, 6) is -2.72.